The summed E-state index contributed by atoms with van der Waals surface area (Å²) in [5, 5.41) is 6.71. The van der Waals surface area contributed by atoms with E-state index in [1.54, 1.807) is 24.1 Å². The van der Waals surface area contributed by atoms with Crippen LogP contribution in [-0.4, -0.2) is 36.9 Å². The fourth-order valence-electron chi connectivity index (χ4n) is 2.77. The maximum absolute atomic E-state index is 12.3. The lowest BCUT2D eigenvalue weighted by molar-refractivity contribution is -0.123. The Labute approximate surface area is 176 Å². The molecule has 7 heteroatoms. The summed E-state index contributed by atoms with van der Waals surface area (Å²) in [6.07, 6.45) is 0. The number of amides is 2. The molecule has 2 N–H and O–H groups in total. The minimum atomic E-state index is -0.223. The summed E-state index contributed by atoms with van der Waals surface area (Å²) in [5.41, 5.74) is 3.79. The van der Waals surface area contributed by atoms with Crippen LogP contribution in [0.2, 0.25) is 10.0 Å². The van der Waals surface area contributed by atoms with E-state index in [0.717, 1.165) is 22.4 Å². The number of hydrogen-bond donors (Lipinski definition) is 2. The van der Waals surface area contributed by atoms with Crippen LogP contribution < -0.4 is 10.6 Å². The van der Waals surface area contributed by atoms with Gasteiger partial charge in [-0.1, -0.05) is 41.4 Å². The molecule has 0 heterocycles. The van der Waals surface area contributed by atoms with Crippen LogP contribution in [0.1, 0.15) is 29.7 Å². The van der Waals surface area contributed by atoms with Crippen LogP contribution in [0.15, 0.2) is 36.4 Å². The third-order valence-corrected chi connectivity index (χ3v) is 5.27. The molecule has 0 saturated carbocycles. The third-order valence-electron chi connectivity index (χ3n) is 4.53. The highest BCUT2D eigenvalue weighted by Gasteiger charge is 2.15. The predicted molar refractivity (Wildman–Crippen MR) is 115 cm³/mol. The van der Waals surface area contributed by atoms with E-state index in [0.29, 0.717) is 10.0 Å². The van der Waals surface area contributed by atoms with Crippen molar-refractivity contribution in [2.75, 3.05) is 25.5 Å². The van der Waals surface area contributed by atoms with E-state index in [4.69, 9.17) is 23.2 Å². The summed E-state index contributed by atoms with van der Waals surface area (Å²) in [7, 11) is 1.73. The molecule has 2 amide bonds. The molecule has 0 saturated heterocycles. The smallest absolute Gasteiger partial charge is 0.238 e. The Morgan fingerprint density at radius 3 is 2.39 bits per heavy atom. The summed E-state index contributed by atoms with van der Waals surface area (Å²) in [5.74, 6) is -0.345. The number of nitrogens with zero attached hydrogens (tertiary/aromatic N) is 1. The number of nitrogens with one attached hydrogen (secondary N) is 2. The van der Waals surface area contributed by atoms with Crippen LogP contribution in [0.3, 0.4) is 0 Å². The van der Waals surface area contributed by atoms with Gasteiger partial charge in [0.05, 0.1) is 29.2 Å². The second kappa shape index (κ2) is 9.92. The summed E-state index contributed by atoms with van der Waals surface area (Å²) in [4.78, 5) is 26.2. The molecule has 2 rings (SSSR count). The standard InChI is InChI=1S/C21H25Cl2N3O2/c1-13-6-5-7-19(14(13)2)25-21(28)12-26(4)11-20(27)24-15(3)16-8-9-17(22)18(23)10-16/h5-10,15H,11-12H2,1-4H3,(H,24,27)(H,25,28)/t15-/m0/s1. The van der Waals surface area contributed by atoms with E-state index in [9.17, 15) is 9.59 Å². The summed E-state index contributed by atoms with van der Waals surface area (Å²) >= 11 is 11.9. The number of carbonyl (C=O) groups excluding carboxylic acids is 2. The van der Waals surface area contributed by atoms with Crippen molar-refractivity contribution < 1.29 is 9.59 Å². The third kappa shape index (κ3) is 6.23. The molecule has 150 valence electrons. The van der Waals surface area contributed by atoms with Gasteiger partial charge >= 0.3 is 0 Å². The monoisotopic (exact) mass is 421 g/mol. The van der Waals surface area contributed by atoms with Crippen LogP contribution >= 0.6 is 23.2 Å². The van der Waals surface area contributed by atoms with Gasteiger partial charge in [-0.3, -0.25) is 14.5 Å². The molecule has 2 aromatic carbocycles. The molecule has 28 heavy (non-hydrogen) atoms. The van der Waals surface area contributed by atoms with Crippen molar-refractivity contribution in [3.05, 3.63) is 63.1 Å². The number of hydrogen-bond acceptors (Lipinski definition) is 3. The first kappa shape index (κ1) is 22.2. The topological polar surface area (TPSA) is 61.4 Å². The van der Waals surface area contributed by atoms with Gasteiger partial charge in [-0.15, -0.1) is 0 Å². The van der Waals surface area contributed by atoms with Crippen LogP contribution in [0, 0.1) is 13.8 Å². The van der Waals surface area contributed by atoms with Crippen molar-refractivity contribution in [3.63, 3.8) is 0 Å². The molecule has 0 radical (unpaired) electrons. The maximum atomic E-state index is 12.3. The largest absolute Gasteiger partial charge is 0.348 e. The lowest BCUT2D eigenvalue weighted by Gasteiger charge is -2.19. The molecular weight excluding hydrogens is 397 g/mol. The second-order valence-corrected chi connectivity index (χ2v) is 7.75. The molecule has 0 spiro atoms. The van der Waals surface area contributed by atoms with Crippen molar-refractivity contribution in [3.8, 4) is 0 Å². The Morgan fingerprint density at radius 1 is 1.04 bits per heavy atom. The number of likely N-dealkylation sites (N-methyl/N-ethyl adjacent to an activating group) is 1. The fraction of sp³-hybridized carbons (Fsp3) is 0.333. The van der Waals surface area contributed by atoms with Crippen LogP contribution in [0.5, 0.6) is 0 Å². The highest BCUT2D eigenvalue weighted by molar-refractivity contribution is 6.42. The normalized spacial score (nSPS) is 12.0. The lowest BCUT2D eigenvalue weighted by Crippen LogP contribution is -2.39. The van der Waals surface area contributed by atoms with Crippen molar-refractivity contribution in [1.82, 2.24) is 10.2 Å². The van der Waals surface area contributed by atoms with E-state index >= 15 is 0 Å². The van der Waals surface area contributed by atoms with Crippen LogP contribution in [-0.2, 0) is 9.59 Å². The van der Waals surface area contributed by atoms with E-state index in [1.807, 2.05) is 45.0 Å². The van der Waals surface area contributed by atoms with Gasteiger partial charge < -0.3 is 10.6 Å². The van der Waals surface area contributed by atoms with E-state index in [1.165, 1.54) is 0 Å². The zero-order valence-electron chi connectivity index (χ0n) is 16.5. The molecular formula is C21H25Cl2N3O2. The minimum absolute atomic E-state index is 0.103. The van der Waals surface area contributed by atoms with Gasteiger partial charge in [-0.05, 0) is 62.7 Å². The number of halogens is 2. The Hall–Kier alpha value is -2.08. The Morgan fingerprint density at radius 2 is 1.71 bits per heavy atom. The SMILES string of the molecule is Cc1cccc(NC(=O)CN(C)CC(=O)N[C@@H](C)c2ccc(Cl)c(Cl)c2)c1C. The van der Waals surface area contributed by atoms with Gasteiger partial charge in [-0.2, -0.15) is 0 Å². The average molecular weight is 422 g/mol. The molecule has 0 aromatic heterocycles. The molecule has 5 nitrogen and oxygen atoms in total. The van der Waals surface area contributed by atoms with Crippen molar-refractivity contribution in [2.24, 2.45) is 0 Å². The van der Waals surface area contributed by atoms with Gasteiger partial charge in [0.1, 0.15) is 0 Å². The molecule has 0 bridgehead atoms. The van der Waals surface area contributed by atoms with Gasteiger partial charge in [0.15, 0.2) is 0 Å². The summed E-state index contributed by atoms with van der Waals surface area (Å²) in [6, 6.07) is 10.8. The number of carbonyl (C=O) groups is 2. The fourth-order valence-corrected chi connectivity index (χ4v) is 3.08. The predicted octanol–water partition coefficient (Wildman–Crippen LogP) is 4.36. The zero-order chi connectivity index (χ0) is 20.8. The maximum Gasteiger partial charge on any atom is 0.238 e. The number of benzene rings is 2. The highest BCUT2D eigenvalue weighted by Crippen LogP contribution is 2.25. The molecule has 0 unspecified atom stereocenters. The van der Waals surface area contributed by atoms with Gasteiger partial charge in [0.2, 0.25) is 11.8 Å². The first-order valence-corrected chi connectivity index (χ1v) is 9.72. The molecule has 0 aliphatic heterocycles. The number of anilines is 1. The highest BCUT2D eigenvalue weighted by atomic mass is 35.5. The summed E-state index contributed by atoms with van der Waals surface area (Å²) in [6.45, 7) is 6.04. The Balaban J connectivity index is 1.85. The minimum Gasteiger partial charge on any atom is -0.348 e. The Kier molecular flexibility index (Phi) is 7.87. The number of rotatable bonds is 7. The number of aryl methyl sites for hydroxylation is 1. The van der Waals surface area contributed by atoms with E-state index < -0.39 is 0 Å². The van der Waals surface area contributed by atoms with Crippen LogP contribution in [0.4, 0.5) is 5.69 Å². The second-order valence-electron chi connectivity index (χ2n) is 6.93. The summed E-state index contributed by atoms with van der Waals surface area (Å²) < 4.78 is 0. The van der Waals surface area contributed by atoms with E-state index in [-0.39, 0.29) is 30.9 Å². The first-order chi connectivity index (χ1) is 13.2. The molecule has 0 aliphatic rings. The van der Waals surface area contributed by atoms with Gasteiger partial charge in [-0.25, -0.2) is 0 Å². The Bertz CT molecular complexity index is 871. The van der Waals surface area contributed by atoms with Crippen molar-refractivity contribution in [2.45, 2.75) is 26.8 Å². The van der Waals surface area contributed by atoms with Crippen LogP contribution in [0.25, 0.3) is 0 Å². The van der Waals surface area contributed by atoms with Gasteiger partial charge in [0.25, 0.3) is 0 Å². The molecule has 0 fully saturated rings. The molecule has 1 atom stereocenters. The molecule has 2 aromatic rings. The average Bonchev–Trinajstić information content (AvgIpc) is 2.60. The lowest BCUT2D eigenvalue weighted by atomic mass is 10.1. The van der Waals surface area contributed by atoms with Gasteiger partial charge in [0, 0.05) is 5.69 Å². The van der Waals surface area contributed by atoms with E-state index in [2.05, 4.69) is 10.6 Å². The molecule has 0 aliphatic carbocycles. The zero-order valence-corrected chi connectivity index (χ0v) is 18.0. The van der Waals surface area contributed by atoms with Crippen molar-refractivity contribution >= 4 is 40.7 Å². The first-order valence-electron chi connectivity index (χ1n) is 8.96. The van der Waals surface area contributed by atoms with Crippen molar-refractivity contribution in [1.29, 1.82) is 0 Å². The quantitative estimate of drug-likeness (QED) is 0.697.